The maximum Gasteiger partial charge on any atom is 0.231 e. The summed E-state index contributed by atoms with van der Waals surface area (Å²) in [4.78, 5) is 30.8. The Balaban J connectivity index is 1.17. The first-order chi connectivity index (χ1) is 19.4. The molecule has 1 aliphatic carbocycles. The number of aromatic amines is 1. The number of nitrogens with one attached hydrogen (secondary N) is 3. The number of carbonyl (C=O) groups excluding carboxylic acids is 1. The van der Waals surface area contributed by atoms with E-state index in [0.29, 0.717) is 33.9 Å². The predicted octanol–water partition coefficient (Wildman–Crippen LogP) is 4.41. The number of ketones is 1. The van der Waals surface area contributed by atoms with E-state index in [1.807, 2.05) is 12.1 Å². The number of hydrogen-bond donors (Lipinski definition) is 3. The molecule has 9 nitrogen and oxygen atoms in total. The second-order valence-corrected chi connectivity index (χ2v) is 11.4. The molecule has 0 radical (unpaired) electrons. The van der Waals surface area contributed by atoms with Gasteiger partial charge in [-0.05, 0) is 68.4 Å². The molecule has 10 heteroatoms. The zero-order chi connectivity index (χ0) is 27.3. The normalized spacial score (nSPS) is 18.9. The first kappa shape index (κ1) is 25.0. The summed E-state index contributed by atoms with van der Waals surface area (Å²) in [6.07, 6.45) is 3.66. The minimum atomic E-state index is -0.382. The van der Waals surface area contributed by atoms with Crippen molar-refractivity contribution in [2.75, 3.05) is 62.0 Å². The second kappa shape index (κ2) is 9.87. The van der Waals surface area contributed by atoms with E-state index in [-0.39, 0.29) is 23.1 Å². The van der Waals surface area contributed by atoms with Crippen LogP contribution >= 0.6 is 0 Å². The monoisotopic (exact) mass is 541 g/mol. The molecule has 0 atom stereocenters. The van der Waals surface area contributed by atoms with Gasteiger partial charge in [0.1, 0.15) is 17.3 Å². The van der Waals surface area contributed by atoms with Gasteiger partial charge in [0.15, 0.2) is 5.78 Å². The van der Waals surface area contributed by atoms with Crippen LogP contribution in [-0.4, -0.2) is 78.1 Å². The first-order valence-electron chi connectivity index (χ1n) is 13.8. The summed E-state index contributed by atoms with van der Waals surface area (Å²) >= 11 is 0. The lowest BCUT2D eigenvalue weighted by molar-refractivity contribution is -0.159. The van der Waals surface area contributed by atoms with E-state index >= 15 is 0 Å². The maximum absolute atomic E-state index is 13.5. The summed E-state index contributed by atoms with van der Waals surface area (Å²) in [5, 5.41) is 7.56. The smallest absolute Gasteiger partial charge is 0.231 e. The fourth-order valence-corrected chi connectivity index (χ4v) is 5.99. The molecule has 2 aliphatic heterocycles. The number of nitrogens with zero attached hydrogens (tertiary/aromatic N) is 4. The van der Waals surface area contributed by atoms with Crippen molar-refractivity contribution in [2.24, 2.45) is 5.41 Å². The summed E-state index contributed by atoms with van der Waals surface area (Å²) in [5.41, 5.74) is 3.77. The molecule has 2 saturated heterocycles. The van der Waals surface area contributed by atoms with Crippen LogP contribution in [0.25, 0.3) is 11.0 Å². The van der Waals surface area contributed by atoms with Gasteiger partial charge in [-0.1, -0.05) is 0 Å². The molecule has 3 fully saturated rings. The summed E-state index contributed by atoms with van der Waals surface area (Å²) in [7, 11) is 2.15. The fraction of sp³-hybridized carbons (Fsp3) is 0.367. The number of benzene rings is 2. The van der Waals surface area contributed by atoms with Crippen molar-refractivity contribution >= 4 is 40.0 Å². The Morgan fingerprint density at radius 1 is 1.02 bits per heavy atom. The minimum Gasteiger partial charge on any atom is -0.380 e. The van der Waals surface area contributed by atoms with E-state index in [4.69, 9.17) is 14.7 Å². The molecular weight excluding hydrogens is 509 g/mol. The molecule has 4 aromatic rings. The van der Waals surface area contributed by atoms with Gasteiger partial charge in [-0.25, -0.2) is 4.39 Å². The number of rotatable bonds is 7. The SMILES string of the molecule is CN1CCN(c2ccc(Nc3nc(NC4CC5(COC5)C4)c4c(C(=O)c5ccc(F)cc5)c[nH]c4n3)cc2)CC1. The lowest BCUT2D eigenvalue weighted by atomic mass is 9.64. The summed E-state index contributed by atoms with van der Waals surface area (Å²) in [5.74, 6) is 0.447. The van der Waals surface area contributed by atoms with Crippen LogP contribution in [0, 0.1) is 11.2 Å². The zero-order valence-electron chi connectivity index (χ0n) is 22.4. The van der Waals surface area contributed by atoms with Crippen molar-refractivity contribution in [1.82, 2.24) is 19.9 Å². The van der Waals surface area contributed by atoms with Gasteiger partial charge in [0.25, 0.3) is 0 Å². The highest BCUT2D eigenvalue weighted by atomic mass is 19.1. The topological polar surface area (TPSA) is 98.4 Å². The third-order valence-corrected chi connectivity index (χ3v) is 8.39. The number of anilines is 4. The molecular formula is C30H32FN7O2. The molecule has 2 aromatic heterocycles. The third-order valence-electron chi connectivity index (χ3n) is 8.39. The summed E-state index contributed by atoms with van der Waals surface area (Å²) in [6, 6.07) is 14.1. The number of carbonyl (C=O) groups is 1. The Kier molecular flexibility index (Phi) is 6.16. The van der Waals surface area contributed by atoms with Crippen LogP contribution in [0.3, 0.4) is 0 Å². The van der Waals surface area contributed by atoms with Crippen molar-refractivity contribution < 1.29 is 13.9 Å². The van der Waals surface area contributed by atoms with Crippen LogP contribution in [0.4, 0.5) is 27.5 Å². The number of halogens is 1. The molecule has 3 aliphatic rings. The van der Waals surface area contributed by atoms with Crippen LogP contribution in [0.15, 0.2) is 54.7 Å². The van der Waals surface area contributed by atoms with Gasteiger partial charge in [-0.2, -0.15) is 9.97 Å². The lowest BCUT2D eigenvalue weighted by Gasteiger charge is -2.53. The number of hydrogen-bond acceptors (Lipinski definition) is 8. The molecule has 0 bridgehead atoms. The fourth-order valence-electron chi connectivity index (χ4n) is 5.99. The van der Waals surface area contributed by atoms with Gasteiger partial charge in [-0.15, -0.1) is 0 Å². The van der Waals surface area contributed by atoms with E-state index in [1.165, 1.54) is 30.0 Å². The van der Waals surface area contributed by atoms with Crippen LogP contribution in [0.1, 0.15) is 28.8 Å². The highest BCUT2D eigenvalue weighted by Gasteiger charge is 2.50. The van der Waals surface area contributed by atoms with Crippen LogP contribution < -0.4 is 15.5 Å². The van der Waals surface area contributed by atoms with Gasteiger partial charge in [0.2, 0.25) is 5.95 Å². The van der Waals surface area contributed by atoms with Crippen LogP contribution in [-0.2, 0) is 4.74 Å². The minimum absolute atomic E-state index is 0.212. The van der Waals surface area contributed by atoms with E-state index < -0.39 is 0 Å². The lowest BCUT2D eigenvalue weighted by Crippen LogP contribution is -2.56. The quantitative estimate of drug-likeness (QED) is 0.296. The maximum atomic E-state index is 13.5. The summed E-state index contributed by atoms with van der Waals surface area (Å²) < 4.78 is 18.9. The van der Waals surface area contributed by atoms with Crippen molar-refractivity contribution in [3.63, 3.8) is 0 Å². The van der Waals surface area contributed by atoms with Gasteiger partial charge in [0.05, 0.1) is 24.2 Å². The molecule has 0 amide bonds. The van der Waals surface area contributed by atoms with Crippen LogP contribution in [0.5, 0.6) is 0 Å². The molecule has 7 rings (SSSR count). The molecule has 0 unspecified atom stereocenters. The van der Waals surface area contributed by atoms with E-state index in [2.05, 4.69) is 44.6 Å². The Morgan fingerprint density at radius 3 is 2.42 bits per heavy atom. The molecule has 3 N–H and O–H groups in total. The van der Waals surface area contributed by atoms with Gasteiger partial charge >= 0.3 is 0 Å². The van der Waals surface area contributed by atoms with E-state index in [9.17, 15) is 9.18 Å². The average molecular weight is 542 g/mol. The molecule has 1 saturated carbocycles. The molecule has 40 heavy (non-hydrogen) atoms. The van der Waals surface area contributed by atoms with Crippen molar-refractivity contribution in [1.29, 1.82) is 0 Å². The Hall–Kier alpha value is -4.02. The Labute approximate surface area is 231 Å². The molecule has 1 spiro atoms. The molecule has 206 valence electrons. The molecule has 2 aromatic carbocycles. The number of H-pyrrole nitrogens is 1. The number of fused-ring (bicyclic) bond motifs is 1. The third kappa shape index (κ3) is 4.67. The number of piperazine rings is 1. The number of ether oxygens (including phenoxy) is 1. The highest BCUT2D eigenvalue weighted by Crippen LogP contribution is 2.48. The van der Waals surface area contributed by atoms with E-state index in [0.717, 1.165) is 57.9 Å². The molecule has 4 heterocycles. The van der Waals surface area contributed by atoms with Crippen molar-refractivity contribution in [2.45, 2.75) is 18.9 Å². The van der Waals surface area contributed by atoms with E-state index in [1.54, 1.807) is 6.20 Å². The van der Waals surface area contributed by atoms with Gasteiger partial charge < -0.3 is 30.2 Å². The van der Waals surface area contributed by atoms with Crippen LogP contribution in [0.2, 0.25) is 0 Å². The second-order valence-electron chi connectivity index (χ2n) is 11.4. The Bertz CT molecular complexity index is 1530. The van der Waals surface area contributed by atoms with Crippen molar-refractivity contribution in [3.8, 4) is 0 Å². The van der Waals surface area contributed by atoms with Gasteiger partial charge in [0, 0.05) is 60.8 Å². The number of likely N-dealkylation sites (N-methyl/N-ethyl adjacent to an activating group) is 1. The standard InChI is InChI=1S/C30H32FN7O2/c1-37-10-12-38(13-11-37)23-8-6-21(7-9-23)34-29-35-27-25(28(36-29)33-22-14-30(15-22)17-40-18-30)24(16-32-27)26(39)19-2-4-20(31)5-3-19/h2-9,16,22H,10-15,17-18H2,1H3,(H3,32,33,34,35,36). The highest BCUT2D eigenvalue weighted by molar-refractivity contribution is 6.18. The van der Waals surface area contributed by atoms with Crippen molar-refractivity contribution in [3.05, 3.63) is 71.7 Å². The van der Waals surface area contributed by atoms with Gasteiger partial charge in [-0.3, -0.25) is 4.79 Å². The zero-order valence-corrected chi connectivity index (χ0v) is 22.4. The Morgan fingerprint density at radius 2 is 1.75 bits per heavy atom. The predicted molar refractivity (Wildman–Crippen MR) is 153 cm³/mol. The average Bonchev–Trinajstić information content (AvgIpc) is 3.34. The summed E-state index contributed by atoms with van der Waals surface area (Å²) in [6.45, 7) is 5.75. The largest absolute Gasteiger partial charge is 0.380 e. The number of aromatic nitrogens is 3. The first-order valence-corrected chi connectivity index (χ1v) is 13.8.